The first kappa shape index (κ1) is 8.92. The van der Waals surface area contributed by atoms with Gasteiger partial charge in [0, 0.05) is 23.9 Å². The van der Waals surface area contributed by atoms with E-state index in [0.29, 0.717) is 0 Å². The molecule has 1 aromatic rings. The summed E-state index contributed by atoms with van der Waals surface area (Å²) in [6.07, 6.45) is 11.6. The van der Waals surface area contributed by atoms with Crippen LogP contribution in [0.5, 0.6) is 5.75 Å². The van der Waals surface area contributed by atoms with Crippen LogP contribution in [0.15, 0.2) is 59.3 Å². The average Bonchev–Trinajstić information content (AvgIpc) is 2.70. The Labute approximate surface area is 105 Å². The number of hydrogen-bond donors (Lipinski definition) is 0. The highest BCUT2D eigenvalue weighted by molar-refractivity contribution is 6.08. The maximum atomic E-state index is 6.14. The molecule has 0 radical (unpaired) electrons. The summed E-state index contributed by atoms with van der Waals surface area (Å²) in [5.41, 5.74) is 5.15. The quantitative estimate of drug-likeness (QED) is 0.675. The van der Waals surface area contributed by atoms with Gasteiger partial charge in [-0.2, -0.15) is 0 Å². The Morgan fingerprint density at radius 1 is 1.33 bits per heavy atom. The van der Waals surface area contributed by atoms with E-state index in [0.717, 1.165) is 12.2 Å². The van der Waals surface area contributed by atoms with E-state index in [1.165, 1.54) is 22.4 Å². The van der Waals surface area contributed by atoms with Crippen molar-refractivity contribution in [2.75, 3.05) is 0 Å². The molecular formula is C16H11NO. The van der Waals surface area contributed by atoms with E-state index in [1.807, 2.05) is 6.20 Å². The van der Waals surface area contributed by atoms with E-state index >= 15 is 0 Å². The van der Waals surface area contributed by atoms with E-state index in [-0.39, 0.29) is 11.5 Å². The molecule has 2 bridgehead atoms. The summed E-state index contributed by atoms with van der Waals surface area (Å²) in [4.78, 5) is 4.56. The fraction of sp³-hybridized carbons (Fsp3) is 0.188. The maximum absolute atomic E-state index is 6.14. The lowest BCUT2D eigenvalue weighted by molar-refractivity contribution is 0.237. The zero-order valence-electron chi connectivity index (χ0n) is 9.76. The fourth-order valence-electron chi connectivity index (χ4n) is 3.77. The monoisotopic (exact) mass is 233 g/mol. The van der Waals surface area contributed by atoms with Gasteiger partial charge in [0.15, 0.2) is 0 Å². The first-order chi connectivity index (χ1) is 8.89. The Balaban J connectivity index is 1.99. The molecule has 2 heterocycles. The van der Waals surface area contributed by atoms with Crippen LogP contribution in [-0.2, 0) is 11.8 Å². The largest absolute Gasteiger partial charge is 0.484 e. The summed E-state index contributed by atoms with van der Waals surface area (Å²) >= 11 is 0. The minimum atomic E-state index is -0.101. The number of ether oxygens (including phenoxy) is 1. The predicted octanol–water partition coefficient (Wildman–Crippen LogP) is 2.71. The summed E-state index contributed by atoms with van der Waals surface area (Å²) in [5.74, 6) is 1.04. The molecule has 0 N–H and O–H groups in total. The molecule has 5 rings (SSSR count). The molecule has 86 valence electrons. The van der Waals surface area contributed by atoms with Gasteiger partial charge in [0.25, 0.3) is 0 Å². The molecule has 2 aliphatic heterocycles. The fourth-order valence-corrected chi connectivity index (χ4v) is 3.77. The Kier molecular flexibility index (Phi) is 1.32. The van der Waals surface area contributed by atoms with Gasteiger partial charge in [0.2, 0.25) is 0 Å². The van der Waals surface area contributed by atoms with Gasteiger partial charge in [-0.25, -0.2) is 0 Å². The van der Waals surface area contributed by atoms with Crippen LogP contribution in [0.4, 0.5) is 0 Å². The second-order valence-corrected chi connectivity index (χ2v) is 5.23. The Bertz CT molecular complexity index is 708. The highest BCUT2D eigenvalue weighted by Gasteiger charge is 2.55. The first-order valence-corrected chi connectivity index (χ1v) is 6.32. The van der Waals surface area contributed by atoms with E-state index < -0.39 is 0 Å². The van der Waals surface area contributed by atoms with Crippen LogP contribution < -0.4 is 4.74 Å². The molecule has 0 aromatic heterocycles. The van der Waals surface area contributed by atoms with Crippen molar-refractivity contribution in [2.45, 2.75) is 17.9 Å². The smallest absolute Gasteiger partial charge is 0.135 e. The van der Waals surface area contributed by atoms with Crippen LogP contribution >= 0.6 is 0 Å². The first-order valence-electron chi connectivity index (χ1n) is 6.32. The van der Waals surface area contributed by atoms with Crippen molar-refractivity contribution in [2.24, 2.45) is 4.99 Å². The van der Waals surface area contributed by atoms with Crippen LogP contribution in [0.1, 0.15) is 11.1 Å². The third-order valence-electron chi connectivity index (χ3n) is 4.46. The molecule has 0 saturated carbocycles. The van der Waals surface area contributed by atoms with Gasteiger partial charge in [-0.3, -0.25) is 4.99 Å². The van der Waals surface area contributed by atoms with Crippen molar-refractivity contribution in [3.8, 4) is 5.75 Å². The van der Waals surface area contributed by atoms with Crippen molar-refractivity contribution in [3.05, 3.63) is 65.4 Å². The number of aliphatic imine (C=N–C) groups is 1. The van der Waals surface area contributed by atoms with Gasteiger partial charge in [-0.15, -0.1) is 0 Å². The highest BCUT2D eigenvalue weighted by atomic mass is 16.5. The lowest BCUT2D eigenvalue weighted by Gasteiger charge is -2.40. The molecule has 2 atom stereocenters. The third-order valence-corrected chi connectivity index (χ3v) is 4.46. The molecule has 1 spiro atoms. The number of rotatable bonds is 0. The minimum absolute atomic E-state index is 0.0932. The molecule has 2 unspecified atom stereocenters. The van der Waals surface area contributed by atoms with Gasteiger partial charge in [-0.1, -0.05) is 24.3 Å². The van der Waals surface area contributed by atoms with Crippen LogP contribution in [0, 0.1) is 0 Å². The number of benzene rings is 1. The average molecular weight is 233 g/mol. The van der Waals surface area contributed by atoms with E-state index in [9.17, 15) is 0 Å². The lowest BCUT2D eigenvalue weighted by Crippen LogP contribution is -2.45. The molecule has 2 aliphatic carbocycles. The number of nitrogens with zero attached hydrogens (tertiary/aromatic N) is 1. The van der Waals surface area contributed by atoms with E-state index in [1.54, 1.807) is 0 Å². The minimum Gasteiger partial charge on any atom is -0.484 e. The van der Waals surface area contributed by atoms with Gasteiger partial charge in [0.1, 0.15) is 11.9 Å². The summed E-state index contributed by atoms with van der Waals surface area (Å²) in [7, 11) is 0. The summed E-state index contributed by atoms with van der Waals surface area (Å²) in [5, 5.41) is 0. The number of allylic oxidation sites excluding steroid dienone is 2. The molecular weight excluding hydrogens is 222 g/mol. The highest BCUT2D eigenvalue weighted by Crippen LogP contribution is 2.56. The zero-order chi connectivity index (χ0) is 11.7. The molecule has 18 heavy (non-hydrogen) atoms. The predicted molar refractivity (Wildman–Crippen MR) is 70.0 cm³/mol. The van der Waals surface area contributed by atoms with E-state index in [2.05, 4.69) is 47.5 Å². The summed E-state index contributed by atoms with van der Waals surface area (Å²) in [6, 6.07) is 6.37. The summed E-state index contributed by atoms with van der Waals surface area (Å²) < 4.78 is 6.14. The van der Waals surface area contributed by atoms with E-state index in [4.69, 9.17) is 4.74 Å². The van der Waals surface area contributed by atoms with Crippen molar-refractivity contribution in [1.29, 1.82) is 0 Å². The van der Waals surface area contributed by atoms with Gasteiger partial charge in [-0.05, 0) is 29.4 Å². The van der Waals surface area contributed by atoms with Crippen molar-refractivity contribution >= 4 is 5.71 Å². The maximum Gasteiger partial charge on any atom is 0.135 e. The summed E-state index contributed by atoms with van der Waals surface area (Å²) in [6.45, 7) is 0. The van der Waals surface area contributed by atoms with Crippen LogP contribution in [-0.4, -0.2) is 11.8 Å². The Morgan fingerprint density at radius 3 is 3.33 bits per heavy atom. The Hall–Kier alpha value is -2.09. The standard InChI is InChI=1S/C16H11NO/c1-3-10-9-12-11-4-2-6-14-16(11,7-8-17-12)15(10)13(5-1)18-14/h1-8,14H,9H2. The molecule has 0 fully saturated rings. The topological polar surface area (TPSA) is 21.6 Å². The second kappa shape index (κ2) is 2.66. The second-order valence-electron chi connectivity index (χ2n) is 5.23. The molecule has 2 heteroatoms. The van der Waals surface area contributed by atoms with Crippen LogP contribution in [0.25, 0.3) is 0 Å². The molecule has 2 nitrogen and oxygen atoms in total. The van der Waals surface area contributed by atoms with Crippen LogP contribution in [0.3, 0.4) is 0 Å². The van der Waals surface area contributed by atoms with Crippen LogP contribution in [0.2, 0.25) is 0 Å². The normalized spacial score (nSPS) is 32.6. The number of hydrogen-bond acceptors (Lipinski definition) is 2. The molecule has 4 aliphatic rings. The molecule has 0 amide bonds. The molecule has 1 aromatic carbocycles. The third kappa shape index (κ3) is 0.769. The zero-order valence-corrected chi connectivity index (χ0v) is 9.76. The lowest BCUT2D eigenvalue weighted by atomic mass is 9.61. The van der Waals surface area contributed by atoms with Gasteiger partial charge < -0.3 is 4.74 Å². The van der Waals surface area contributed by atoms with Crippen molar-refractivity contribution < 1.29 is 4.74 Å². The SMILES string of the molecule is C1=CC2Oc3cccc4c3C23C=CN=C(C4)C3=C1. The Morgan fingerprint density at radius 2 is 2.33 bits per heavy atom. The van der Waals surface area contributed by atoms with Crippen molar-refractivity contribution in [3.63, 3.8) is 0 Å². The van der Waals surface area contributed by atoms with Gasteiger partial charge >= 0.3 is 0 Å². The van der Waals surface area contributed by atoms with Gasteiger partial charge in [0.05, 0.1) is 5.41 Å². The van der Waals surface area contributed by atoms with Crippen molar-refractivity contribution in [1.82, 2.24) is 0 Å². The molecule has 0 saturated heterocycles.